The predicted octanol–water partition coefficient (Wildman–Crippen LogP) is 6.71. The SMILES string of the molecule is CC(C)(C)c1ccc(OCc2cccc(C(=O)Nc3ccn(Cc4ccc(Cl)cc4)n3)c2)cc1. The molecule has 1 amide bonds. The van der Waals surface area contributed by atoms with E-state index in [1.807, 2.05) is 60.8 Å². The van der Waals surface area contributed by atoms with E-state index in [9.17, 15) is 4.79 Å². The fourth-order valence-corrected chi connectivity index (χ4v) is 3.63. The molecule has 0 unspecified atom stereocenters. The van der Waals surface area contributed by atoms with Gasteiger partial charge in [-0.25, -0.2) is 0 Å². The lowest BCUT2D eigenvalue weighted by atomic mass is 9.87. The van der Waals surface area contributed by atoms with Gasteiger partial charge in [-0.05, 0) is 58.5 Å². The summed E-state index contributed by atoms with van der Waals surface area (Å²) >= 11 is 5.94. The molecule has 5 nitrogen and oxygen atoms in total. The summed E-state index contributed by atoms with van der Waals surface area (Å²) in [6.45, 7) is 7.53. The van der Waals surface area contributed by atoms with Gasteiger partial charge in [-0.1, -0.05) is 68.8 Å². The lowest BCUT2D eigenvalue weighted by molar-refractivity contribution is 0.102. The number of aromatic nitrogens is 2. The minimum absolute atomic E-state index is 0.103. The molecule has 0 spiro atoms. The number of anilines is 1. The molecule has 0 aliphatic heterocycles. The fourth-order valence-electron chi connectivity index (χ4n) is 3.50. The second-order valence-electron chi connectivity index (χ2n) is 9.24. The molecule has 3 aromatic carbocycles. The summed E-state index contributed by atoms with van der Waals surface area (Å²) in [5.41, 5.74) is 3.91. The Morgan fingerprint density at radius 3 is 2.41 bits per heavy atom. The first-order chi connectivity index (χ1) is 16.3. The number of nitrogens with zero attached hydrogens (tertiary/aromatic N) is 2. The number of nitrogens with one attached hydrogen (secondary N) is 1. The first-order valence-corrected chi connectivity index (χ1v) is 11.6. The highest BCUT2D eigenvalue weighted by Crippen LogP contribution is 2.24. The summed E-state index contributed by atoms with van der Waals surface area (Å²) < 4.78 is 7.70. The minimum Gasteiger partial charge on any atom is -0.489 e. The normalized spacial score (nSPS) is 11.3. The molecule has 0 saturated carbocycles. The van der Waals surface area contributed by atoms with Crippen molar-refractivity contribution >= 4 is 23.3 Å². The quantitative estimate of drug-likeness (QED) is 0.324. The average molecular weight is 474 g/mol. The van der Waals surface area contributed by atoms with Crippen LogP contribution in [0.2, 0.25) is 5.02 Å². The average Bonchev–Trinajstić information content (AvgIpc) is 3.25. The van der Waals surface area contributed by atoms with Crippen molar-refractivity contribution in [2.24, 2.45) is 0 Å². The molecule has 4 rings (SSSR count). The molecule has 0 aliphatic rings. The van der Waals surface area contributed by atoms with Gasteiger partial charge in [-0.3, -0.25) is 9.48 Å². The van der Waals surface area contributed by atoms with Crippen LogP contribution in [0.15, 0.2) is 85.1 Å². The Bertz CT molecular complexity index is 1260. The lowest BCUT2D eigenvalue weighted by Crippen LogP contribution is -2.13. The molecule has 0 aliphatic carbocycles. The van der Waals surface area contributed by atoms with Crippen LogP contribution < -0.4 is 10.1 Å². The van der Waals surface area contributed by atoms with Crippen molar-refractivity contribution in [3.8, 4) is 5.75 Å². The molecule has 0 bridgehead atoms. The molecule has 0 radical (unpaired) electrons. The third-order valence-electron chi connectivity index (χ3n) is 5.46. The van der Waals surface area contributed by atoms with E-state index in [2.05, 4.69) is 43.3 Å². The zero-order chi connectivity index (χ0) is 24.1. The molecule has 1 heterocycles. The lowest BCUT2D eigenvalue weighted by Gasteiger charge is -2.19. The summed E-state index contributed by atoms with van der Waals surface area (Å²) in [5, 5.41) is 8.00. The van der Waals surface area contributed by atoms with Gasteiger partial charge in [0.2, 0.25) is 0 Å². The summed E-state index contributed by atoms with van der Waals surface area (Å²) in [5.74, 6) is 1.08. The molecule has 6 heteroatoms. The zero-order valence-electron chi connectivity index (χ0n) is 19.6. The molecule has 4 aromatic rings. The van der Waals surface area contributed by atoms with E-state index in [0.717, 1.165) is 16.9 Å². The van der Waals surface area contributed by atoms with Gasteiger partial charge in [0, 0.05) is 22.8 Å². The highest BCUT2D eigenvalue weighted by Gasteiger charge is 2.13. The zero-order valence-corrected chi connectivity index (χ0v) is 20.3. The second-order valence-corrected chi connectivity index (χ2v) is 9.68. The summed E-state index contributed by atoms with van der Waals surface area (Å²) in [6.07, 6.45) is 1.83. The summed E-state index contributed by atoms with van der Waals surface area (Å²) in [7, 11) is 0. The van der Waals surface area contributed by atoms with Gasteiger partial charge in [0.25, 0.3) is 5.91 Å². The molecule has 0 fully saturated rings. The Kier molecular flexibility index (Phi) is 7.03. The van der Waals surface area contributed by atoms with Crippen molar-refractivity contribution in [1.29, 1.82) is 0 Å². The van der Waals surface area contributed by atoms with E-state index in [0.29, 0.717) is 29.6 Å². The van der Waals surface area contributed by atoms with Crippen LogP contribution in [0, 0.1) is 0 Å². The van der Waals surface area contributed by atoms with Crippen molar-refractivity contribution in [1.82, 2.24) is 9.78 Å². The largest absolute Gasteiger partial charge is 0.489 e. The van der Waals surface area contributed by atoms with E-state index >= 15 is 0 Å². The van der Waals surface area contributed by atoms with Crippen molar-refractivity contribution in [2.45, 2.75) is 39.3 Å². The number of ether oxygens (including phenoxy) is 1. The van der Waals surface area contributed by atoms with Crippen LogP contribution in [0.3, 0.4) is 0 Å². The van der Waals surface area contributed by atoms with Crippen LogP contribution in [-0.4, -0.2) is 15.7 Å². The maximum absolute atomic E-state index is 12.8. The van der Waals surface area contributed by atoms with Gasteiger partial charge in [0.15, 0.2) is 5.82 Å². The van der Waals surface area contributed by atoms with Gasteiger partial charge >= 0.3 is 0 Å². The fraction of sp³-hybridized carbons (Fsp3) is 0.214. The number of carbonyl (C=O) groups excluding carboxylic acids is 1. The van der Waals surface area contributed by atoms with Crippen LogP contribution in [-0.2, 0) is 18.6 Å². The molecule has 174 valence electrons. The number of hydrogen-bond donors (Lipinski definition) is 1. The monoisotopic (exact) mass is 473 g/mol. The molecular weight excluding hydrogens is 446 g/mol. The van der Waals surface area contributed by atoms with E-state index in [1.165, 1.54) is 5.56 Å². The van der Waals surface area contributed by atoms with Crippen LogP contribution in [0.1, 0.15) is 47.8 Å². The van der Waals surface area contributed by atoms with Crippen molar-refractivity contribution in [3.63, 3.8) is 0 Å². The molecule has 1 aromatic heterocycles. The number of hydrogen-bond acceptors (Lipinski definition) is 3. The highest BCUT2D eigenvalue weighted by molar-refractivity contribution is 6.30. The third kappa shape index (κ3) is 6.27. The molecular formula is C28H28ClN3O2. The smallest absolute Gasteiger partial charge is 0.256 e. The molecule has 0 saturated heterocycles. The van der Waals surface area contributed by atoms with Crippen LogP contribution in [0.5, 0.6) is 5.75 Å². The Labute approximate surface area is 205 Å². The summed E-state index contributed by atoms with van der Waals surface area (Å²) in [4.78, 5) is 12.8. The number of halogens is 1. The first kappa shape index (κ1) is 23.6. The number of rotatable bonds is 7. The van der Waals surface area contributed by atoms with E-state index in [-0.39, 0.29) is 11.3 Å². The predicted molar refractivity (Wildman–Crippen MR) is 137 cm³/mol. The van der Waals surface area contributed by atoms with E-state index < -0.39 is 0 Å². The van der Waals surface area contributed by atoms with Gasteiger partial charge < -0.3 is 10.1 Å². The topological polar surface area (TPSA) is 56.1 Å². The first-order valence-electron chi connectivity index (χ1n) is 11.2. The highest BCUT2D eigenvalue weighted by atomic mass is 35.5. The minimum atomic E-state index is -0.215. The van der Waals surface area contributed by atoms with Gasteiger partial charge in [-0.2, -0.15) is 5.10 Å². The Morgan fingerprint density at radius 1 is 0.971 bits per heavy atom. The molecule has 1 N–H and O–H groups in total. The summed E-state index contributed by atoms with van der Waals surface area (Å²) in [6, 6.07) is 24.9. The standard InChI is InChI=1S/C28H28ClN3O2/c1-28(2,3)23-9-13-25(14-10-23)34-19-21-5-4-6-22(17-21)27(33)30-26-15-16-32(31-26)18-20-7-11-24(29)12-8-20/h4-17H,18-19H2,1-3H3,(H,30,31,33). The Hall–Kier alpha value is -3.57. The van der Waals surface area contributed by atoms with Crippen molar-refractivity contribution in [3.05, 3.63) is 112 Å². The van der Waals surface area contributed by atoms with Crippen LogP contribution in [0.4, 0.5) is 5.82 Å². The maximum atomic E-state index is 12.8. The molecule has 0 atom stereocenters. The van der Waals surface area contributed by atoms with Gasteiger partial charge in [-0.15, -0.1) is 0 Å². The molecule has 34 heavy (non-hydrogen) atoms. The van der Waals surface area contributed by atoms with Crippen LogP contribution in [0.25, 0.3) is 0 Å². The van der Waals surface area contributed by atoms with Gasteiger partial charge in [0.05, 0.1) is 6.54 Å². The van der Waals surface area contributed by atoms with Crippen LogP contribution >= 0.6 is 11.6 Å². The second kappa shape index (κ2) is 10.1. The number of benzene rings is 3. The Balaban J connectivity index is 1.34. The van der Waals surface area contributed by atoms with E-state index in [1.54, 1.807) is 16.8 Å². The van der Waals surface area contributed by atoms with Gasteiger partial charge in [0.1, 0.15) is 12.4 Å². The van der Waals surface area contributed by atoms with Crippen molar-refractivity contribution < 1.29 is 9.53 Å². The van der Waals surface area contributed by atoms with Crippen molar-refractivity contribution in [2.75, 3.05) is 5.32 Å². The number of amides is 1. The third-order valence-corrected chi connectivity index (χ3v) is 5.71. The maximum Gasteiger partial charge on any atom is 0.256 e. The Morgan fingerprint density at radius 2 is 1.71 bits per heavy atom. The van der Waals surface area contributed by atoms with E-state index in [4.69, 9.17) is 16.3 Å². The number of carbonyl (C=O) groups is 1.